The average molecular weight is 201 g/mol. The van der Waals surface area contributed by atoms with Crippen molar-refractivity contribution in [3.8, 4) is 0 Å². The number of nitrogens with two attached hydrogens (primary N) is 1. The smallest absolute Gasteiger partial charge is 0.349 e. The quantitative estimate of drug-likeness (QED) is 0.576. The SMILES string of the molecule is CN(N)OC(=O)c1cccc(Cl)c1. The maximum absolute atomic E-state index is 11.2. The molecule has 13 heavy (non-hydrogen) atoms. The number of hydrogen-bond acceptors (Lipinski definition) is 4. The molecule has 0 bridgehead atoms. The third-order valence-electron chi connectivity index (χ3n) is 1.29. The molecule has 1 aromatic carbocycles. The Labute approximate surface area is 80.8 Å². The van der Waals surface area contributed by atoms with Crippen LogP contribution in [0.25, 0.3) is 0 Å². The molecule has 0 amide bonds. The summed E-state index contributed by atoms with van der Waals surface area (Å²) in [5, 5.41) is 1.32. The van der Waals surface area contributed by atoms with Gasteiger partial charge in [-0.25, -0.2) is 10.6 Å². The largest absolute Gasteiger partial charge is 0.358 e. The second-order valence-electron chi connectivity index (χ2n) is 2.44. The second-order valence-corrected chi connectivity index (χ2v) is 2.87. The molecular weight excluding hydrogens is 192 g/mol. The topological polar surface area (TPSA) is 55.6 Å². The summed E-state index contributed by atoms with van der Waals surface area (Å²) >= 11 is 5.67. The van der Waals surface area contributed by atoms with Crippen molar-refractivity contribution in [3.05, 3.63) is 34.9 Å². The number of hydrazine groups is 1. The Morgan fingerprint density at radius 2 is 2.31 bits per heavy atom. The Hall–Kier alpha value is -1.10. The summed E-state index contributed by atoms with van der Waals surface area (Å²) < 4.78 is 0. The van der Waals surface area contributed by atoms with Gasteiger partial charge in [-0.3, -0.25) is 0 Å². The third kappa shape index (κ3) is 3.02. The minimum atomic E-state index is -0.535. The van der Waals surface area contributed by atoms with Crippen LogP contribution in [0.2, 0.25) is 5.02 Å². The lowest BCUT2D eigenvalue weighted by atomic mass is 10.2. The summed E-state index contributed by atoms with van der Waals surface area (Å²) in [6.07, 6.45) is 0. The van der Waals surface area contributed by atoms with E-state index in [1.165, 1.54) is 13.1 Å². The number of carbonyl (C=O) groups excluding carboxylic acids is 1. The molecule has 4 nitrogen and oxygen atoms in total. The summed E-state index contributed by atoms with van der Waals surface area (Å²) in [5.74, 6) is 4.59. The van der Waals surface area contributed by atoms with Crippen LogP contribution in [0.15, 0.2) is 24.3 Å². The van der Waals surface area contributed by atoms with E-state index in [1.807, 2.05) is 0 Å². The molecule has 5 heteroatoms. The zero-order chi connectivity index (χ0) is 9.84. The molecule has 0 aliphatic rings. The van der Waals surface area contributed by atoms with Crippen LogP contribution >= 0.6 is 11.6 Å². The maximum atomic E-state index is 11.2. The zero-order valence-electron chi connectivity index (χ0n) is 7.03. The van der Waals surface area contributed by atoms with Gasteiger partial charge in [-0.05, 0) is 18.2 Å². The molecular formula is C8H9ClN2O2. The number of hydrogen-bond donors (Lipinski definition) is 1. The van der Waals surface area contributed by atoms with Gasteiger partial charge in [0.15, 0.2) is 0 Å². The molecule has 0 aliphatic carbocycles. The molecule has 0 atom stereocenters. The van der Waals surface area contributed by atoms with Crippen LogP contribution in [0.5, 0.6) is 0 Å². The van der Waals surface area contributed by atoms with Gasteiger partial charge in [0.1, 0.15) is 0 Å². The highest BCUT2D eigenvalue weighted by Gasteiger charge is 2.08. The fourth-order valence-electron chi connectivity index (χ4n) is 0.799. The van der Waals surface area contributed by atoms with Gasteiger partial charge in [0.2, 0.25) is 0 Å². The van der Waals surface area contributed by atoms with Crippen LogP contribution in [0, 0.1) is 0 Å². The van der Waals surface area contributed by atoms with Crippen molar-refractivity contribution in [1.82, 2.24) is 5.17 Å². The number of carbonyl (C=O) groups is 1. The van der Waals surface area contributed by atoms with E-state index in [1.54, 1.807) is 18.2 Å². The van der Waals surface area contributed by atoms with Gasteiger partial charge in [0.25, 0.3) is 0 Å². The average Bonchev–Trinajstić information content (AvgIpc) is 2.03. The standard InChI is InChI=1S/C8H9ClN2O2/c1-11(10)13-8(12)6-3-2-4-7(9)5-6/h2-5H,10H2,1H3. The van der Waals surface area contributed by atoms with Crippen molar-refractivity contribution < 1.29 is 9.63 Å². The first kappa shape index (κ1) is 9.98. The Morgan fingerprint density at radius 3 is 2.85 bits per heavy atom. The third-order valence-corrected chi connectivity index (χ3v) is 1.52. The summed E-state index contributed by atoms with van der Waals surface area (Å²) in [6, 6.07) is 6.44. The molecule has 1 rings (SSSR count). The maximum Gasteiger partial charge on any atom is 0.358 e. The second kappa shape index (κ2) is 4.23. The molecule has 2 N–H and O–H groups in total. The van der Waals surface area contributed by atoms with Gasteiger partial charge >= 0.3 is 5.97 Å². The fraction of sp³-hybridized carbons (Fsp3) is 0.125. The summed E-state index contributed by atoms with van der Waals surface area (Å²) in [5.41, 5.74) is 0.366. The van der Waals surface area contributed by atoms with Crippen molar-refractivity contribution in [3.63, 3.8) is 0 Å². The highest BCUT2D eigenvalue weighted by atomic mass is 35.5. The fourth-order valence-corrected chi connectivity index (χ4v) is 0.989. The van der Waals surface area contributed by atoms with Crippen molar-refractivity contribution in [2.24, 2.45) is 5.84 Å². The van der Waals surface area contributed by atoms with E-state index in [2.05, 4.69) is 4.84 Å². The van der Waals surface area contributed by atoms with Crippen molar-refractivity contribution in [1.29, 1.82) is 0 Å². The first-order valence-corrected chi connectivity index (χ1v) is 3.93. The van der Waals surface area contributed by atoms with E-state index < -0.39 is 5.97 Å². The number of halogens is 1. The van der Waals surface area contributed by atoms with Gasteiger partial charge < -0.3 is 4.84 Å². The predicted molar refractivity (Wildman–Crippen MR) is 48.8 cm³/mol. The van der Waals surface area contributed by atoms with Crippen LogP contribution in [0.1, 0.15) is 10.4 Å². The zero-order valence-corrected chi connectivity index (χ0v) is 7.78. The number of nitrogens with zero attached hydrogens (tertiary/aromatic N) is 1. The number of rotatable bonds is 2. The molecule has 70 valence electrons. The Morgan fingerprint density at radius 1 is 1.62 bits per heavy atom. The molecule has 0 aromatic heterocycles. The lowest BCUT2D eigenvalue weighted by molar-refractivity contribution is -0.0918. The normalized spacial score (nSPS) is 10.2. The van der Waals surface area contributed by atoms with E-state index in [0.29, 0.717) is 10.6 Å². The molecule has 0 spiro atoms. The van der Waals surface area contributed by atoms with Gasteiger partial charge in [-0.15, -0.1) is 0 Å². The van der Waals surface area contributed by atoms with Crippen molar-refractivity contribution in [2.75, 3.05) is 7.05 Å². The molecule has 0 radical (unpaired) electrons. The number of hydroxylamine groups is 1. The molecule has 1 aromatic rings. The monoisotopic (exact) mass is 200 g/mol. The minimum absolute atomic E-state index is 0.366. The lowest BCUT2D eigenvalue weighted by Crippen LogP contribution is -2.29. The van der Waals surface area contributed by atoms with Crippen LogP contribution in [-0.4, -0.2) is 18.2 Å². The van der Waals surface area contributed by atoms with Crippen LogP contribution < -0.4 is 5.84 Å². The van der Waals surface area contributed by atoms with E-state index >= 15 is 0 Å². The summed E-state index contributed by atoms with van der Waals surface area (Å²) in [7, 11) is 1.42. The highest BCUT2D eigenvalue weighted by Crippen LogP contribution is 2.11. The number of benzene rings is 1. The summed E-state index contributed by atoms with van der Waals surface area (Å²) in [6.45, 7) is 0. The van der Waals surface area contributed by atoms with Crippen molar-refractivity contribution in [2.45, 2.75) is 0 Å². The van der Waals surface area contributed by atoms with E-state index in [-0.39, 0.29) is 0 Å². The predicted octanol–water partition coefficient (Wildman–Crippen LogP) is 1.22. The van der Waals surface area contributed by atoms with E-state index in [4.69, 9.17) is 17.4 Å². The van der Waals surface area contributed by atoms with Gasteiger partial charge in [-0.1, -0.05) is 22.8 Å². The van der Waals surface area contributed by atoms with Gasteiger partial charge in [-0.2, -0.15) is 0 Å². The Bertz CT molecular complexity index is 315. The van der Waals surface area contributed by atoms with Crippen LogP contribution in [0.3, 0.4) is 0 Å². The highest BCUT2D eigenvalue weighted by molar-refractivity contribution is 6.30. The first-order valence-electron chi connectivity index (χ1n) is 3.56. The van der Waals surface area contributed by atoms with E-state index in [9.17, 15) is 4.79 Å². The molecule has 0 saturated heterocycles. The minimum Gasteiger partial charge on any atom is -0.349 e. The first-order chi connectivity index (χ1) is 6.09. The van der Waals surface area contributed by atoms with Crippen molar-refractivity contribution >= 4 is 17.6 Å². The lowest BCUT2D eigenvalue weighted by Gasteiger charge is -2.08. The van der Waals surface area contributed by atoms with Gasteiger partial charge in [0.05, 0.1) is 5.56 Å². The van der Waals surface area contributed by atoms with E-state index in [0.717, 1.165) is 5.17 Å². The Kier molecular flexibility index (Phi) is 3.25. The summed E-state index contributed by atoms with van der Waals surface area (Å²) in [4.78, 5) is 15.8. The molecule has 0 fully saturated rings. The Balaban J connectivity index is 2.77. The molecule has 0 aliphatic heterocycles. The van der Waals surface area contributed by atoms with Crippen LogP contribution in [-0.2, 0) is 4.84 Å². The molecule has 0 saturated carbocycles. The van der Waals surface area contributed by atoms with Gasteiger partial charge in [0, 0.05) is 12.1 Å². The molecule has 0 heterocycles. The molecule has 0 unspecified atom stereocenters. The van der Waals surface area contributed by atoms with Crippen LogP contribution in [0.4, 0.5) is 0 Å².